The van der Waals surface area contributed by atoms with Crippen molar-refractivity contribution in [2.45, 2.75) is 20.4 Å². The second-order valence-corrected chi connectivity index (χ2v) is 6.31. The van der Waals surface area contributed by atoms with Gasteiger partial charge in [-0.05, 0) is 19.5 Å². The van der Waals surface area contributed by atoms with Gasteiger partial charge in [-0.2, -0.15) is 8.42 Å². The van der Waals surface area contributed by atoms with E-state index in [-0.39, 0.29) is 12.4 Å². The molecule has 0 unspecified atom stereocenters. The van der Waals surface area contributed by atoms with Gasteiger partial charge in [0.2, 0.25) is 5.88 Å². The van der Waals surface area contributed by atoms with E-state index in [9.17, 15) is 8.42 Å². The minimum absolute atomic E-state index is 0.0220. The van der Waals surface area contributed by atoms with E-state index in [0.717, 1.165) is 23.1 Å². The van der Waals surface area contributed by atoms with Crippen molar-refractivity contribution in [1.82, 2.24) is 19.6 Å². The molecule has 0 radical (unpaired) electrons. The fraction of sp³-hybridized carbons (Fsp3) is 0.333. The molecule has 0 aliphatic rings. The molecule has 0 amide bonds. The Hall–Kier alpha value is -2.43. The average Bonchev–Trinajstić information content (AvgIpc) is 3.02. The number of aromatic nitrogens is 4. The lowest BCUT2D eigenvalue weighted by Crippen LogP contribution is -2.11. The first-order valence-electron chi connectivity index (χ1n) is 7.57. The van der Waals surface area contributed by atoms with E-state index in [0.29, 0.717) is 5.69 Å². The highest BCUT2D eigenvalue weighted by atomic mass is 32.3. The number of rotatable bonds is 4. The lowest BCUT2D eigenvalue weighted by Gasteiger charge is -2.08. The van der Waals surface area contributed by atoms with E-state index in [1.807, 2.05) is 38.1 Å². The van der Waals surface area contributed by atoms with Crippen LogP contribution in [0.15, 0.2) is 30.3 Å². The maximum absolute atomic E-state index is 11.0. The third-order valence-corrected chi connectivity index (χ3v) is 3.86. The largest absolute Gasteiger partial charge is 0.447 e. The Morgan fingerprint density at radius 1 is 1.32 bits per heavy atom. The van der Waals surface area contributed by atoms with Crippen LogP contribution in [0.3, 0.4) is 0 Å². The Kier molecular flexibility index (Phi) is 5.77. The lowest BCUT2D eigenvalue weighted by molar-refractivity contribution is 0.374. The molecule has 136 valence electrons. The molecule has 0 fully saturated rings. The second-order valence-electron chi connectivity index (χ2n) is 5.29. The molecule has 9 nitrogen and oxygen atoms in total. The lowest BCUT2D eigenvalue weighted by atomic mass is 10.2. The molecule has 2 heterocycles. The van der Waals surface area contributed by atoms with Crippen molar-refractivity contribution in [2.24, 2.45) is 12.8 Å². The van der Waals surface area contributed by atoms with Crippen molar-refractivity contribution in [3.63, 3.8) is 0 Å². The standard InChI is InChI=1S/C13H14N4O4S.C2H7N/c1-9-11(14-15-16(9)2)8-17-12-6-4-3-5-10(12)7-13(17)21-22(18,19)20;1-2-3/h3-7H,8H2,1-2H3,(H,18,19,20);2-3H2,1H3. The van der Waals surface area contributed by atoms with Gasteiger partial charge in [-0.15, -0.1) is 5.10 Å². The van der Waals surface area contributed by atoms with Crippen LogP contribution < -0.4 is 9.92 Å². The van der Waals surface area contributed by atoms with Gasteiger partial charge in [0, 0.05) is 18.5 Å². The van der Waals surface area contributed by atoms with E-state index >= 15 is 0 Å². The van der Waals surface area contributed by atoms with Gasteiger partial charge in [0.15, 0.2) is 0 Å². The summed E-state index contributed by atoms with van der Waals surface area (Å²) in [6.07, 6.45) is 0. The van der Waals surface area contributed by atoms with Gasteiger partial charge in [0.25, 0.3) is 0 Å². The van der Waals surface area contributed by atoms with Crippen molar-refractivity contribution < 1.29 is 17.2 Å². The third kappa shape index (κ3) is 4.56. The summed E-state index contributed by atoms with van der Waals surface area (Å²) in [5.41, 5.74) is 7.16. The van der Waals surface area contributed by atoms with Crippen LogP contribution in [0.1, 0.15) is 18.3 Å². The number of nitrogens with zero attached hydrogens (tertiary/aromatic N) is 4. The molecule has 0 aliphatic carbocycles. The van der Waals surface area contributed by atoms with E-state index in [2.05, 4.69) is 14.5 Å². The number of benzene rings is 1. The Morgan fingerprint density at radius 3 is 2.52 bits per heavy atom. The van der Waals surface area contributed by atoms with E-state index in [4.69, 9.17) is 10.3 Å². The minimum Gasteiger partial charge on any atom is -0.343 e. The second kappa shape index (κ2) is 7.64. The normalized spacial score (nSPS) is 11.2. The Morgan fingerprint density at radius 2 is 1.96 bits per heavy atom. The Labute approximate surface area is 146 Å². The van der Waals surface area contributed by atoms with Crippen LogP contribution in [0.25, 0.3) is 10.9 Å². The van der Waals surface area contributed by atoms with Crippen LogP contribution in [-0.2, 0) is 24.0 Å². The first-order chi connectivity index (χ1) is 11.8. The summed E-state index contributed by atoms with van der Waals surface area (Å²) >= 11 is 0. The Bertz CT molecular complexity index is 962. The van der Waals surface area contributed by atoms with Gasteiger partial charge in [-0.3, -0.25) is 9.23 Å². The van der Waals surface area contributed by atoms with Crippen LogP contribution >= 0.6 is 0 Å². The predicted octanol–water partition coefficient (Wildman–Crippen LogP) is 1.27. The highest BCUT2D eigenvalue weighted by Gasteiger charge is 2.17. The smallest absolute Gasteiger partial charge is 0.343 e. The zero-order valence-corrected chi connectivity index (χ0v) is 15.1. The van der Waals surface area contributed by atoms with Gasteiger partial charge in [0.1, 0.15) is 5.69 Å². The summed E-state index contributed by atoms with van der Waals surface area (Å²) in [4.78, 5) is 0. The molecular formula is C15H21N5O4S. The maximum Gasteiger partial charge on any atom is 0.447 e. The maximum atomic E-state index is 11.0. The quantitative estimate of drug-likeness (QED) is 0.665. The zero-order valence-electron chi connectivity index (χ0n) is 14.2. The van der Waals surface area contributed by atoms with Gasteiger partial charge in [-0.1, -0.05) is 30.3 Å². The molecule has 0 aliphatic heterocycles. The summed E-state index contributed by atoms with van der Waals surface area (Å²) in [5.74, 6) is 0.0220. The van der Waals surface area contributed by atoms with Crippen molar-refractivity contribution in [3.8, 4) is 5.88 Å². The number of para-hydroxylation sites is 1. The molecule has 3 aromatic rings. The van der Waals surface area contributed by atoms with Crippen LogP contribution in [0.5, 0.6) is 5.88 Å². The van der Waals surface area contributed by atoms with E-state index in [1.165, 1.54) is 0 Å². The molecule has 10 heteroatoms. The highest BCUT2D eigenvalue weighted by Crippen LogP contribution is 2.27. The van der Waals surface area contributed by atoms with Crippen molar-refractivity contribution in [2.75, 3.05) is 6.54 Å². The van der Waals surface area contributed by atoms with Gasteiger partial charge < -0.3 is 14.5 Å². The Balaban J connectivity index is 0.000000701. The fourth-order valence-electron chi connectivity index (χ4n) is 2.27. The number of nitrogens with two attached hydrogens (primary N) is 1. The molecule has 0 bridgehead atoms. The molecular weight excluding hydrogens is 346 g/mol. The summed E-state index contributed by atoms with van der Waals surface area (Å²) in [6.45, 7) is 4.79. The van der Waals surface area contributed by atoms with Gasteiger partial charge >= 0.3 is 10.4 Å². The SMILES string of the molecule is CCN.Cc1c(Cn2c(OS(=O)(=O)O)cc3ccccc32)nnn1C. The number of aryl methyl sites for hydroxylation is 1. The number of fused-ring (bicyclic) bond motifs is 1. The molecule has 2 aromatic heterocycles. The average molecular weight is 367 g/mol. The first kappa shape index (κ1) is 18.9. The fourth-order valence-corrected chi connectivity index (χ4v) is 2.62. The molecule has 3 N–H and O–H groups in total. The summed E-state index contributed by atoms with van der Waals surface area (Å²) in [5, 5.41) is 8.78. The first-order valence-corrected chi connectivity index (χ1v) is 8.93. The van der Waals surface area contributed by atoms with Crippen molar-refractivity contribution >= 4 is 21.3 Å². The molecule has 0 atom stereocenters. The molecule has 0 spiro atoms. The summed E-state index contributed by atoms with van der Waals surface area (Å²) < 4.78 is 39.0. The van der Waals surface area contributed by atoms with Crippen molar-refractivity contribution in [3.05, 3.63) is 41.7 Å². The van der Waals surface area contributed by atoms with Crippen LogP contribution in [0.2, 0.25) is 0 Å². The van der Waals surface area contributed by atoms with Crippen LogP contribution in [-0.4, -0.2) is 39.1 Å². The zero-order chi connectivity index (χ0) is 18.6. The molecule has 0 saturated carbocycles. The summed E-state index contributed by atoms with van der Waals surface area (Å²) in [7, 11) is -2.83. The molecule has 0 saturated heterocycles. The van der Waals surface area contributed by atoms with Gasteiger partial charge in [0.05, 0.1) is 17.8 Å². The van der Waals surface area contributed by atoms with E-state index < -0.39 is 10.4 Å². The number of hydrogen-bond acceptors (Lipinski definition) is 6. The third-order valence-electron chi connectivity index (χ3n) is 3.47. The predicted molar refractivity (Wildman–Crippen MR) is 93.7 cm³/mol. The molecule has 3 rings (SSSR count). The monoisotopic (exact) mass is 367 g/mol. The van der Waals surface area contributed by atoms with Gasteiger partial charge in [-0.25, -0.2) is 0 Å². The van der Waals surface area contributed by atoms with E-state index in [1.54, 1.807) is 22.4 Å². The highest BCUT2D eigenvalue weighted by molar-refractivity contribution is 7.81. The van der Waals surface area contributed by atoms with Crippen molar-refractivity contribution in [1.29, 1.82) is 0 Å². The van der Waals surface area contributed by atoms with Crippen LogP contribution in [0.4, 0.5) is 0 Å². The summed E-state index contributed by atoms with van der Waals surface area (Å²) in [6, 6.07) is 8.87. The molecule has 25 heavy (non-hydrogen) atoms. The topological polar surface area (TPSA) is 125 Å². The number of hydrogen-bond donors (Lipinski definition) is 2. The van der Waals surface area contributed by atoms with Crippen LogP contribution in [0, 0.1) is 6.92 Å². The minimum atomic E-state index is -4.61. The molecule has 1 aromatic carbocycles.